The Hall–Kier alpha value is -1.74. The smallest absolute Gasteiger partial charge is 0.0572 e. The predicted molar refractivity (Wildman–Crippen MR) is 82.4 cm³/mol. The molecule has 0 bridgehead atoms. The van der Waals surface area contributed by atoms with Gasteiger partial charge in [-0.3, -0.25) is 0 Å². The third-order valence-electron chi connectivity index (χ3n) is 4.13. The van der Waals surface area contributed by atoms with Crippen molar-refractivity contribution < 1.29 is 4.74 Å². The maximum atomic E-state index is 5.43. The van der Waals surface area contributed by atoms with Crippen LogP contribution in [0.5, 0.6) is 0 Å². The van der Waals surface area contributed by atoms with Crippen molar-refractivity contribution in [3.05, 3.63) is 48.8 Å². The molecule has 1 heterocycles. The topological polar surface area (TPSA) is 26.2 Å². The Balaban J connectivity index is 1.65. The Morgan fingerprint density at radius 3 is 2.50 bits per heavy atom. The monoisotopic (exact) mass is 270 g/mol. The Morgan fingerprint density at radius 1 is 1.05 bits per heavy atom. The van der Waals surface area contributed by atoms with E-state index in [0.717, 1.165) is 12.8 Å². The van der Waals surface area contributed by atoms with Gasteiger partial charge in [-0.05, 0) is 56.0 Å². The van der Waals surface area contributed by atoms with Gasteiger partial charge in [0.1, 0.15) is 0 Å². The summed E-state index contributed by atoms with van der Waals surface area (Å²) in [6.07, 6.45) is 9.29. The quantitative estimate of drug-likeness (QED) is 0.913. The highest BCUT2D eigenvalue weighted by Crippen LogP contribution is 2.24. The van der Waals surface area contributed by atoms with E-state index < -0.39 is 0 Å². The summed E-state index contributed by atoms with van der Waals surface area (Å²) in [5.41, 5.74) is 2.41. The molecule has 3 nitrogen and oxygen atoms in total. The highest BCUT2D eigenvalue weighted by molar-refractivity contribution is 5.51. The molecule has 1 aliphatic carbocycles. The summed E-state index contributed by atoms with van der Waals surface area (Å²) in [5, 5.41) is 3.66. The lowest BCUT2D eigenvalue weighted by Crippen LogP contribution is -2.29. The van der Waals surface area contributed by atoms with E-state index in [4.69, 9.17) is 4.74 Å². The molecule has 2 aromatic rings. The number of anilines is 1. The average molecular weight is 270 g/mol. The molecule has 0 radical (unpaired) electrons. The molecule has 1 N–H and O–H groups in total. The fraction of sp³-hybridized carbons (Fsp3) is 0.412. The molecule has 1 aliphatic rings. The van der Waals surface area contributed by atoms with Crippen molar-refractivity contribution in [2.24, 2.45) is 0 Å². The largest absolute Gasteiger partial charge is 0.382 e. The van der Waals surface area contributed by atoms with Gasteiger partial charge in [0.25, 0.3) is 0 Å². The number of hydrogen-bond acceptors (Lipinski definition) is 2. The van der Waals surface area contributed by atoms with E-state index in [2.05, 4.69) is 46.5 Å². The lowest BCUT2D eigenvalue weighted by molar-refractivity contribution is 0.0682. The van der Waals surface area contributed by atoms with Crippen molar-refractivity contribution in [2.45, 2.75) is 37.8 Å². The number of aromatic nitrogens is 1. The number of benzene rings is 1. The van der Waals surface area contributed by atoms with Crippen molar-refractivity contribution >= 4 is 5.69 Å². The lowest BCUT2D eigenvalue weighted by atomic mass is 9.93. The van der Waals surface area contributed by atoms with Crippen LogP contribution in [0.25, 0.3) is 5.69 Å². The van der Waals surface area contributed by atoms with Crippen molar-refractivity contribution in [2.75, 3.05) is 12.4 Å². The molecule has 3 heteroatoms. The highest BCUT2D eigenvalue weighted by atomic mass is 16.5. The molecule has 0 unspecified atom stereocenters. The van der Waals surface area contributed by atoms with Gasteiger partial charge in [0.2, 0.25) is 0 Å². The SMILES string of the molecule is COC1CCC(Nc2cccc(-n3cccc3)c2)CC1. The van der Waals surface area contributed by atoms with Gasteiger partial charge < -0.3 is 14.6 Å². The van der Waals surface area contributed by atoms with Crippen LogP contribution in [0.1, 0.15) is 25.7 Å². The highest BCUT2D eigenvalue weighted by Gasteiger charge is 2.20. The van der Waals surface area contributed by atoms with Gasteiger partial charge in [0, 0.05) is 36.9 Å². The zero-order valence-electron chi connectivity index (χ0n) is 12.0. The first-order chi connectivity index (χ1) is 9.85. The number of ether oxygens (including phenoxy) is 1. The maximum Gasteiger partial charge on any atom is 0.0572 e. The van der Waals surface area contributed by atoms with Crippen LogP contribution in [-0.4, -0.2) is 23.8 Å². The average Bonchev–Trinajstić information content (AvgIpc) is 3.03. The van der Waals surface area contributed by atoms with Crippen LogP contribution >= 0.6 is 0 Å². The molecule has 0 aliphatic heterocycles. The van der Waals surface area contributed by atoms with Gasteiger partial charge in [-0.1, -0.05) is 6.07 Å². The van der Waals surface area contributed by atoms with Gasteiger partial charge in [0.15, 0.2) is 0 Å². The van der Waals surface area contributed by atoms with Gasteiger partial charge in [-0.15, -0.1) is 0 Å². The fourth-order valence-corrected chi connectivity index (χ4v) is 2.94. The van der Waals surface area contributed by atoms with E-state index in [9.17, 15) is 0 Å². The molecule has 0 spiro atoms. The maximum absolute atomic E-state index is 5.43. The van der Waals surface area contributed by atoms with E-state index in [1.165, 1.54) is 24.2 Å². The number of nitrogens with one attached hydrogen (secondary N) is 1. The zero-order chi connectivity index (χ0) is 13.8. The Morgan fingerprint density at radius 2 is 1.80 bits per heavy atom. The Kier molecular flexibility index (Phi) is 4.07. The molecule has 0 atom stereocenters. The summed E-state index contributed by atoms with van der Waals surface area (Å²) >= 11 is 0. The number of hydrogen-bond donors (Lipinski definition) is 1. The standard InChI is InChI=1S/C17H22N2O/c1-20-17-9-7-14(8-10-17)18-15-5-4-6-16(13-15)19-11-2-3-12-19/h2-6,11-14,17-18H,7-10H2,1H3. The minimum atomic E-state index is 0.458. The molecule has 3 rings (SSSR count). The summed E-state index contributed by atoms with van der Waals surface area (Å²) < 4.78 is 7.56. The third kappa shape index (κ3) is 3.05. The second-order valence-corrected chi connectivity index (χ2v) is 5.49. The van der Waals surface area contributed by atoms with Crippen LogP contribution in [0, 0.1) is 0 Å². The molecule has 1 aromatic carbocycles. The van der Waals surface area contributed by atoms with E-state index in [1.54, 1.807) is 0 Å². The molecule has 106 valence electrons. The van der Waals surface area contributed by atoms with E-state index >= 15 is 0 Å². The van der Waals surface area contributed by atoms with E-state index in [-0.39, 0.29) is 0 Å². The molecule has 1 fully saturated rings. The fourth-order valence-electron chi connectivity index (χ4n) is 2.94. The van der Waals surface area contributed by atoms with Crippen LogP contribution in [0.3, 0.4) is 0 Å². The normalized spacial score (nSPS) is 22.6. The summed E-state index contributed by atoms with van der Waals surface area (Å²) in [7, 11) is 1.82. The summed E-state index contributed by atoms with van der Waals surface area (Å²) in [6, 6.07) is 13.3. The van der Waals surface area contributed by atoms with Gasteiger partial charge in [-0.25, -0.2) is 0 Å². The minimum Gasteiger partial charge on any atom is -0.382 e. The predicted octanol–water partition coefficient (Wildman–Crippen LogP) is 3.85. The second-order valence-electron chi connectivity index (χ2n) is 5.49. The van der Waals surface area contributed by atoms with Crippen molar-refractivity contribution in [1.29, 1.82) is 0 Å². The van der Waals surface area contributed by atoms with Crippen LogP contribution < -0.4 is 5.32 Å². The van der Waals surface area contributed by atoms with E-state index in [0.29, 0.717) is 12.1 Å². The van der Waals surface area contributed by atoms with Crippen LogP contribution in [0.4, 0.5) is 5.69 Å². The zero-order valence-corrected chi connectivity index (χ0v) is 12.0. The number of nitrogens with zero attached hydrogens (tertiary/aromatic N) is 1. The van der Waals surface area contributed by atoms with Gasteiger partial charge >= 0.3 is 0 Å². The number of methoxy groups -OCH3 is 1. The molecular weight excluding hydrogens is 248 g/mol. The van der Waals surface area contributed by atoms with Gasteiger partial charge in [0.05, 0.1) is 6.10 Å². The van der Waals surface area contributed by atoms with E-state index in [1.807, 2.05) is 19.2 Å². The first-order valence-corrected chi connectivity index (χ1v) is 7.38. The summed E-state index contributed by atoms with van der Waals surface area (Å²) in [5.74, 6) is 0. The molecular formula is C17H22N2O. The molecule has 1 aromatic heterocycles. The van der Waals surface area contributed by atoms with Crippen LogP contribution in [-0.2, 0) is 4.74 Å². The first kappa shape index (κ1) is 13.3. The van der Waals surface area contributed by atoms with Gasteiger partial charge in [-0.2, -0.15) is 0 Å². The Labute approximate surface area is 120 Å². The van der Waals surface area contributed by atoms with Crippen molar-refractivity contribution in [3.8, 4) is 5.69 Å². The summed E-state index contributed by atoms with van der Waals surface area (Å²) in [4.78, 5) is 0. The van der Waals surface area contributed by atoms with Crippen LogP contribution in [0.2, 0.25) is 0 Å². The second kappa shape index (κ2) is 6.14. The lowest BCUT2D eigenvalue weighted by Gasteiger charge is -2.29. The van der Waals surface area contributed by atoms with Crippen molar-refractivity contribution in [1.82, 2.24) is 4.57 Å². The molecule has 1 saturated carbocycles. The first-order valence-electron chi connectivity index (χ1n) is 7.38. The minimum absolute atomic E-state index is 0.458. The van der Waals surface area contributed by atoms with Crippen LogP contribution in [0.15, 0.2) is 48.8 Å². The van der Waals surface area contributed by atoms with Crippen molar-refractivity contribution in [3.63, 3.8) is 0 Å². The number of rotatable bonds is 4. The summed E-state index contributed by atoms with van der Waals surface area (Å²) in [6.45, 7) is 0. The molecule has 20 heavy (non-hydrogen) atoms. The third-order valence-corrected chi connectivity index (χ3v) is 4.13. The Bertz CT molecular complexity index is 528. The molecule has 0 amide bonds. The molecule has 0 saturated heterocycles.